The zero-order valence-corrected chi connectivity index (χ0v) is 11.5. The van der Waals surface area contributed by atoms with Crippen molar-refractivity contribution < 1.29 is 9.53 Å². The van der Waals surface area contributed by atoms with E-state index in [1.54, 1.807) is 6.07 Å². The zero-order chi connectivity index (χ0) is 13.5. The third-order valence-corrected chi connectivity index (χ3v) is 2.64. The van der Waals surface area contributed by atoms with Crippen LogP contribution in [0, 0.1) is 6.92 Å². The van der Waals surface area contributed by atoms with Crippen LogP contribution in [-0.4, -0.2) is 24.0 Å². The minimum absolute atomic E-state index is 0.00161. The first-order chi connectivity index (χ1) is 8.54. The van der Waals surface area contributed by atoms with Gasteiger partial charge in [-0.2, -0.15) is 0 Å². The first-order valence-corrected chi connectivity index (χ1v) is 6.25. The van der Waals surface area contributed by atoms with Crippen molar-refractivity contribution in [1.29, 1.82) is 0 Å². The molecule has 0 aromatic heterocycles. The van der Waals surface area contributed by atoms with Gasteiger partial charge in [0.05, 0.1) is 0 Å². The molecule has 98 valence electrons. The lowest BCUT2D eigenvalue weighted by Gasteiger charge is -2.10. The highest BCUT2D eigenvalue weighted by atomic mass is 32.1. The summed E-state index contributed by atoms with van der Waals surface area (Å²) in [6, 6.07) is 5.46. The van der Waals surface area contributed by atoms with E-state index in [-0.39, 0.29) is 12.5 Å². The Kier molecular flexibility index (Phi) is 5.58. The monoisotopic (exact) mass is 266 g/mol. The maximum Gasteiger partial charge on any atom is 0.257 e. The quantitative estimate of drug-likeness (QED) is 0.767. The number of aryl methyl sites for hydroxylation is 1. The van der Waals surface area contributed by atoms with E-state index in [4.69, 9.17) is 22.7 Å². The van der Waals surface area contributed by atoms with Gasteiger partial charge in [-0.3, -0.25) is 4.79 Å². The third kappa shape index (κ3) is 4.33. The Hall–Kier alpha value is -1.62. The van der Waals surface area contributed by atoms with E-state index in [1.165, 1.54) is 0 Å². The van der Waals surface area contributed by atoms with Crippen molar-refractivity contribution in [2.45, 2.75) is 20.3 Å². The molecule has 0 unspecified atom stereocenters. The summed E-state index contributed by atoms with van der Waals surface area (Å²) >= 11 is 4.90. The molecule has 5 heteroatoms. The fourth-order valence-electron chi connectivity index (χ4n) is 1.37. The second kappa shape index (κ2) is 6.96. The van der Waals surface area contributed by atoms with E-state index in [2.05, 4.69) is 5.32 Å². The number of amides is 1. The molecule has 1 amide bonds. The number of carbonyl (C=O) groups is 1. The van der Waals surface area contributed by atoms with Gasteiger partial charge >= 0.3 is 0 Å². The Bertz CT molecular complexity index is 447. The van der Waals surface area contributed by atoms with Crippen molar-refractivity contribution in [3.8, 4) is 5.75 Å². The normalized spacial score (nSPS) is 9.89. The number of nitrogens with one attached hydrogen (secondary N) is 1. The molecule has 0 fully saturated rings. The molecule has 0 aliphatic carbocycles. The SMILES string of the molecule is CCCNC(=O)COc1cc(C(N)=S)ccc1C. The summed E-state index contributed by atoms with van der Waals surface area (Å²) < 4.78 is 5.46. The van der Waals surface area contributed by atoms with E-state index in [0.717, 1.165) is 17.5 Å². The van der Waals surface area contributed by atoms with E-state index in [1.807, 2.05) is 26.0 Å². The predicted octanol–water partition coefficient (Wildman–Crippen LogP) is 1.53. The molecule has 0 aliphatic heterocycles. The van der Waals surface area contributed by atoms with Crippen LogP contribution in [-0.2, 0) is 4.79 Å². The third-order valence-electron chi connectivity index (χ3n) is 2.40. The van der Waals surface area contributed by atoms with Crippen LogP contribution >= 0.6 is 12.2 Å². The molecule has 0 atom stereocenters. The summed E-state index contributed by atoms with van der Waals surface area (Å²) in [7, 11) is 0. The molecule has 0 saturated heterocycles. The number of ether oxygens (including phenoxy) is 1. The van der Waals surface area contributed by atoms with Crippen LogP contribution in [0.3, 0.4) is 0 Å². The lowest BCUT2D eigenvalue weighted by Crippen LogP contribution is -2.29. The van der Waals surface area contributed by atoms with E-state index in [0.29, 0.717) is 17.3 Å². The minimum atomic E-state index is -0.128. The first-order valence-electron chi connectivity index (χ1n) is 5.84. The maximum atomic E-state index is 11.4. The molecule has 3 N–H and O–H groups in total. The van der Waals surface area contributed by atoms with Gasteiger partial charge in [-0.25, -0.2) is 0 Å². The Balaban J connectivity index is 2.63. The molecule has 1 aromatic rings. The smallest absolute Gasteiger partial charge is 0.257 e. The zero-order valence-electron chi connectivity index (χ0n) is 10.7. The molecular weight excluding hydrogens is 248 g/mol. The van der Waals surface area contributed by atoms with Crippen molar-refractivity contribution in [3.05, 3.63) is 29.3 Å². The van der Waals surface area contributed by atoms with Crippen LogP contribution < -0.4 is 15.8 Å². The lowest BCUT2D eigenvalue weighted by atomic mass is 10.1. The predicted molar refractivity (Wildman–Crippen MR) is 75.9 cm³/mol. The number of carbonyl (C=O) groups excluding carboxylic acids is 1. The molecule has 0 bridgehead atoms. The van der Waals surface area contributed by atoms with Crippen molar-refractivity contribution >= 4 is 23.1 Å². The Morgan fingerprint density at radius 1 is 1.50 bits per heavy atom. The molecular formula is C13H18N2O2S. The number of hydrogen-bond donors (Lipinski definition) is 2. The lowest BCUT2D eigenvalue weighted by molar-refractivity contribution is -0.123. The summed E-state index contributed by atoms with van der Waals surface area (Å²) in [5.74, 6) is 0.504. The highest BCUT2D eigenvalue weighted by Gasteiger charge is 2.06. The van der Waals surface area contributed by atoms with Crippen molar-refractivity contribution in [2.75, 3.05) is 13.2 Å². The van der Waals surface area contributed by atoms with E-state index in [9.17, 15) is 4.79 Å². The van der Waals surface area contributed by atoms with Gasteiger partial charge in [-0.05, 0) is 25.0 Å². The minimum Gasteiger partial charge on any atom is -0.483 e. The summed E-state index contributed by atoms with van der Waals surface area (Å²) in [5.41, 5.74) is 7.23. The van der Waals surface area contributed by atoms with Crippen molar-refractivity contribution in [1.82, 2.24) is 5.32 Å². The summed E-state index contributed by atoms with van der Waals surface area (Å²) in [5, 5.41) is 2.75. The first kappa shape index (κ1) is 14.4. The van der Waals surface area contributed by atoms with Crippen LogP contribution in [0.25, 0.3) is 0 Å². The summed E-state index contributed by atoms with van der Waals surface area (Å²) in [4.78, 5) is 11.7. The average Bonchev–Trinajstić information content (AvgIpc) is 2.35. The van der Waals surface area contributed by atoms with E-state index >= 15 is 0 Å². The number of hydrogen-bond acceptors (Lipinski definition) is 3. The van der Waals surface area contributed by atoms with Gasteiger partial charge in [0.15, 0.2) is 6.61 Å². The number of rotatable bonds is 6. The van der Waals surface area contributed by atoms with Gasteiger partial charge in [-0.1, -0.05) is 31.3 Å². The molecule has 18 heavy (non-hydrogen) atoms. The molecule has 1 aromatic carbocycles. The second-order valence-electron chi connectivity index (χ2n) is 3.98. The van der Waals surface area contributed by atoms with Crippen LogP contribution in [0.2, 0.25) is 0 Å². The number of nitrogens with two attached hydrogens (primary N) is 1. The standard InChI is InChI=1S/C13H18N2O2S/c1-3-6-15-12(16)8-17-11-7-10(13(14)18)5-4-9(11)2/h4-5,7H,3,6,8H2,1-2H3,(H2,14,18)(H,15,16). The molecule has 0 aliphatic rings. The van der Waals surface area contributed by atoms with Crippen molar-refractivity contribution in [3.63, 3.8) is 0 Å². The Labute approximate surface area is 113 Å². The summed E-state index contributed by atoms with van der Waals surface area (Å²) in [6.07, 6.45) is 0.904. The fourth-order valence-corrected chi connectivity index (χ4v) is 1.49. The average molecular weight is 266 g/mol. The summed E-state index contributed by atoms with van der Waals surface area (Å²) in [6.45, 7) is 4.56. The Morgan fingerprint density at radius 3 is 2.83 bits per heavy atom. The molecule has 0 saturated carbocycles. The van der Waals surface area contributed by atoms with Gasteiger partial charge in [0.1, 0.15) is 10.7 Å². The van der Waals surface area contributed by atoms with Gasteiger partial charge in [-0.15, -0.1) is 0 Å². The highest BCUT2D eigenvalue weighted by Crippen LogP contribution is 2.19. The number of thiocarbonyl (C=S) groups is 1. The van der Waals surface area contributed by atoms with Gasteiger partial charge in [0.25, 0.3) is 5.91 Å². The fraction of sp³-hybridized carbons (Fsp3) is 0.385. The molecule has 0 radical (unpaired) electrons. The van der Waals surface area contributed by atoms with Gasteiger partial charge < -0.3 is 15.8 Å². The van der Waals surface area contributed by atoms with Gasteiger partial charge in [0.2, 0.25) is 0 Å². The van der Waals surface area contributed by atoms with E-state index < -0.39 is 0 Å². The largest absolute Gasteiger partial charge is 0.483 e. The van der Waals surface area contributed by atoms with Crippen LogP contribution in [0.1, 0.15) is 24.5 Å². The van der Waals surface area contributed by atoms with Gasteiger partial charge in [0, 0.05) is 12.1 Å². The number of benzene rings is 1. The molecule has 0 heterocycles. The molecule has 1 rings (SSSR count). The van der Waals surface area contributed by atoms with Crippen LogP contribution in [0.4, 0.5) is 0 Å². The highest BCUT2D eigenvalue weighted by molar-refractivity contribution is 7.80. The van der Waals surface area contributed by atoms with Crippen LogP contribution in [0.5, 0.6) is 5.75 Å². The van der Waals surface area contributed by atoms with Crippen LogP contribution in [0.15, 0.2) is 18.2 Å². The Morgan fingerprint density at radius 2 is 2.22 bits per heavy atom. The molecule has 4 nitrogen and oxygen atoms in total. The topological polar surface area (TPSA) is 64.3 Å². The maximum absolute atomic E-state index is 11.4. The van der Waals surface area contributed by atoms with Crippen molar-refractivity contribution in [2.24, 2.45) is 5.73 Å². The second-order valence-corrected chi connectivity index (χ2v) is 4.42. The molecule has 0 spiro atoms.